The van der Waals surface area contributed by atoms with Crippen molar-refractivity contribution in [1.29, 1.82) is 0 Å². The molecular weight excluding hydrogens is 456 g/mol. The lowest BCUT2D eigenvalue weighted by atomic mass is 10.1. The predicted octanol–water partition coefficient (Wildman–Crippen LogP) is 5.86. The largest absolute Gasteiger partial charge is 0.488 e. The summed E-state index contributed by atoms with van der Waals surface area (Å²) in [5.41, 5.74) is 3.96. The van der Waals surface area contributed by atoms with Gasteiger partial charge in [-0.2, -0.15) is 0 Å². The van der Waals surface area contributed by atoms with Crippen LogP contribution in [0.3, 0.4) is 0 Å². The van der Waals surface area contributed by atoms with Gasteiger partial charge in [0.25, 0.3) is 0 Å². The highest BCUT2D eigenvalue weighted by molar-refractivity contribution is 5.80. The van der Waals surface area contributed by atoms with Crippen LogP contribution in [0.25, 0.3) is 0 Å². The van der Waals surface area contributed by atoms with E-state index in [0.29, 0.717) is 33.9 Å². The summed E-state index contributed by atoms with van der Waals surface area (Å²) in [6.07, 6.45) is 2.27. The van der Waals surface area contributed by atoms with Gasteiger partial charge in [-0.15, -0.1) is 0 Å². The van der Waals surface area contributed by atoms with E-state index in [9.17, 15) is 14.4 Å². The van der Waals surface area contributed by atoms with E-state index in [4.69, 9.17) is 14.2 Å². The van der Waals surface area contributed by atoms with Gasteiger partial charge >= 0.3 is 0 Å². The molecule has 0 aliphatic heterocycles. The summed E-state index contributed by atoms with van der Waals surface area (Å²) in [5, 5.41) is 0. The summed E-state index contributed by atoms with van der Waals surface area (Å²) in [5.74, 6) is 1.48. The minimum absolute atomic E-state index is 0.224. The zero-order valence-corrected chi connectivity index (χ0v) is 19.5. The van der Waals surface area contributed by atoms with Gasteiger partial charge in [-0.1, -0.05) is 36.4 Å². The summed E-state index contributed by atoms with van der Waals surface area (Å²) in [7, 11) is 0. The monoisotopic (exact) mass is 480 g/mol. The number of hydrogen-bond donors (Lipinski definition) is 0. The number of carbonyl (C=O) groups excluding carboxylic acids is 3. The fourth-order valence-corrected chi connectivity index (χ4v) is 3.70. The van der Waals surface area contributed by atoms with Crippen LogP contribution in [0.15, 0.2) is 91.0 Å². The van der Waals surface area contributed by atoms with Crippen molar-refractivity contribution < 1.29 is 28.6 Å². The molecule has 0 amide bonds. The van der Waals surface area contributed by atoms with Crippen LogP contribution < -0.4 is 14.2 Å². The van der Waals surface area contributed by atoms with Crippen molar-refractivity contribution in [3.05, 3.63) is 124 Å². The van der Waals surface area contributed by atoms with E-state index in [1.165, 1.54) is 0 Å². The lowest BCUT2D eigenvalue weighted by Crippen LogP contribution is -2.05. The molecule has 180 valence electrons. The van der Waals surface area contributed by atoms with Crippen LogP contribution in [-0.4, -0.2) is 18.9 Å². The standard InChI is InChI=1S/C30H24O6/c31-16-25-7-1-4-10-28(25)34-19-22-13-23(20-35-29-11-5-2-8-26(29)17-32)15-24(14-22)21-36-30-12-6-3-9-27(30)18-33/h1-18H,19-21H2. The SMILES string of the molecule is O=Cc1ccccc1OCc1cc(COc2ccccc2C=O)cc(COc2ccccc2C=O)c1. The molecule has 0 saturated carbocycles. The van der Waals surface area contributed by atoms with Gasteiger partial charge in [0.15, 0.2) is 18.9 Å². The molecule has 0 aliphatic rings. The van der Waals surface area contributed by atoms with Crippen LogP contribution in [-0.2, 0) is 19.8 Å². The molecule has 0 fully saturated rings. The number of carbonyl (C=O) groups is 3. The van der Waals surface area contributed by atoms with Crippen molar-refractivity contribution >= 4 is 18.9 Å². The summed E-state index contributed by atoms with van der Waals surface area (Å²) < 4.78 is 17.8. The molecule has 6 heteroatoms. The molecule has 0 atom stereocenters. The van der Waals surface area contributed by atoms with Crippen LogP contribution in [0, 0.1) is 0 Å². The smallest absolute Gasteiger partial charge is 0.153 e. The Balaban J connectivity index is 1.56. The Morgan fingerprint density at radius 3 is 1.00 bits per heavy atom. The van der Waals surface area contributed by atoms with Crippen molar-refractivity contribution in [2.24, 2.45) is 0 Å². The van der Waals surface area contributed by atoms with Gasteiger partial charge in [-0.25, -0.2) is 0 Å². The quantitative estimate of drug-likeness (QED) is 0.236. The summed E-state index contributed by atoms with van der Waals surface area (Å²) >= 11 is 0. The summed E-state index contributed by atoms with van der Waals surface area (Å²) in [6.45, 7) is 0.671. The summed E-state index contributed by atoms with van der Waals surface area (Å²) in [4.78, 5) is 34.0. The van der Waals surface area contributed by atoms with Crippen molar-refractivity contribution in [2.45, 2.75) is 19.8 Å². The fourth-order valence-electron chi connectivity index (χ4n) is 3.70. The van der Waals surface area contributed by atoms with E-state index in [0.717, 1.165) is 35.5 Å². The van der Waals surface area contributed by atoms with Crippen molar-refractivity contribution in [2.75, 3.05) is 0 Å². The topological polar surface area (TPSA) is 78.9 Å². The minimum atomic E-state index is 0.224. The molecule has 4 aromatic rings. The first-order valence-corrected chi connectivity index (χ1v) is 11.3. The van der Waals surface area contributed by atoms with Crippen LogP contribution in [0.5, 0.6) is 17.2 Å². The van der Waals surface area contributed by atoms with Crippen molar-refractivity contribution in [3.8, 4) is 17.2 Å². The highest BCUT2D eigenvalue weighted by Gasteiger charge is 2.09. The lowest BCUT2D eigenvalue weighted by molar-refractivity contribution is 0.111. The Morgan fingerprint density at radius 1 is 0.444 bits per heavy atom. The molecule has 4 aromatic carbocycles. The molecule has 4 rings (SSSR count). The number of ether oxygens (including phenoxy) is 3. The lowest BCUT2D eigenvalue weighted by Gasteiger charge is -2.14. The number of hydrogen-bond acceptors (Lipinski definition) is 6. The molecule has 0 radical (unpaired) electrons. The van der Waals surface area contributed by atoms with Crippen LogP contribution in [0.1, 0.15) is 47.8 Å². The van der Waals surface area contributed by atoms with E-state index in [1.54, 1.807) is 72.8 Å². The molecule has 0 aromatic heterocycles. The number of rotatable bonds is 12. The van der Waals surface area contributed by atoms with Gasteiger partial charge in [-0.3, -0.25) is 14.4 Å². The molecule has 0 unspecified atom stereocenters. The molecule has 6 nitrogen and oxygen atoms in total. The molecule has 0 heterocycles. The maximum absolute atomic E-state index is 11.3. The minimum Gasteiger partial charge on any atom is -0.488 e. The van der Waals surface area contributed by atoms with E-state index in [-0.39, 0.29) is 19.8 Å². The highest BCUT2D eigenvalue weighted by Crippen LogP contribution is 2.23. The third-order valence-electron chi connectivity index (χ3n) is 5.43. The highest BCUT2D eigenvalue weighted by atomic mass is 16.5. The van der Waals surface area contributed by atoms with Crippen LogP contribution >= 0.6 is 0 Å². The van der Waals surface area contributed by atoms with E-state index in [2.05, 4.69) is 0 Å². The average molecular weight is 481 g/mol. The third kappa shape index (κ3) is 6.24. The van der Waals surface area contributed by atoms with E-state index in [1.807, 2.05) is 18.2 Å². The first-order chi connectivity index (χ1) is 17.7. The average Bonchev–Trinajstić information content (AvgIpc) is 2.94. The van der Waals surface area contributed by atoms with Gasteiger partial charge in [0.05, 0.1) is 16.7 Å². The Hall–Kier alpha value is -4.71. The zero-order chi connectivity index (χ0) is 25.2. The van der Waals surface area contributed by atoms with Gasteiger partial charge in [0, 0.05) is 0 Å². The van der Waals surface area contributed by atoms with Crippen molar-refractivity contribution in [3.63, 3.8) is 0 Å². The second-order valence-electron chi connectivity index (χ2n) is 7.99. The van der Waals surface area contributed by atoms with E-state index < -0.39 is 0 Å². The first-order valence-electron chi connectivity index (χ1n) is 11.3. The number of aldehydes is 3. The van der Waals surface area contributed by atoms with Gasteiger partial charge in [-0.05, 0) is 71.3 Å². The predicted molar refractivity (Wildman–Crippen MR) is 135 cm³/mol. The molecule has 0 aliphatic carbocycles. The van der Waals surface area contributed by atoms with E-state index >= 15 is 0 Å². The maximum Gasteiger partial charge on any atom is 0.153 e. The molecule has 0 spiro atoms. The Kier molecular flexibility index (Phi) is 8.22. The first kappa shape index (κ1) is 24.4. The van der Waals surface area contributed by atoms with Gasteiger partial charge in [0.2, 0.25) is 0 Å². The Bertz CT molecular complexity index is 1180. The maximum atomic E-state index is 11.3. The van der Waals surface area contributed by atoms with Crippen LogP contribution in [0.2, 0.25) is 0 Å². The number of benzene rings is 4. The third-order valence-corrected chi connectivity index (χ3v) is 5.43. The van der Waals surface area contributed by atoms with Crippen LogP contribution in [0.4, 0.5) is 0 Å². The summed E-state index contributed by atoms with van der Waals surface area (Å²) in [6, 6.07) is 26.9. The normalized spacial score (nSPS) is 10.3. The van der Waals surface area contributed by atoms with Gasteiger partial charge in [0.1, 0.15) is 37.1 Å². The molecule has 0 saturated heterocycles. The molecular formula is C30H24O6. The molecule has 0 N–H and O–H groups in total. The second-order valence-corrected chi connectivity index (χ2v) is 7.99. The fraction of sp³-hybridized carbons (Fsp3) is 0.100. The van der Waals surface area contributed by atoms with Crippen molar-refractivity contribution in [1.82, 2.24) is 0 Å². The Labute approximate surface area is 209 Å². The van der Waals surface area contributed by atoms with Gasteiger partial charge < -0.3 is 14.2 Å². The Morgan fingerprint density at radius 2 is 0.722 bits per heavy atom. The molecule has 36 heavy (non-hydrogen) atoms. The second kappa shape index (κ2) is 12.1. The number of para-hydroxylation sites is 3. The zero-order valence-electron chi connectivity index (χ0n) is 19.5. The molecule has 0 bridgehead atoms.